The van der Waals surface area contributed by atoms with Gasteiger partial charge in [0.05, 0.1) is 0 Å². The van der Waals surface area contributed by atoms with Gasteiger partial charge in [0.1, 0.15) is 0 Å². The zero-order valence-electron chi connectivity index (χ0n) is 15.8. The average Bonchev–Trinajstić information content (AvgIpc) is 3.12. The van der Waals surface area contributed by atoms with E-state index in [0.29, 0.717) is 12.4 Å². The summed E-state index contributed by atoms with van der Waals surface area (Å²) >= 11 is 0. The number of imidazole rings is 1. The number of hydrogen-bond donors (Lipinski definition) is 1. The number of aromatic nitrogens is 2. The monoisotopic (exact) mass is 346 g/mol. The average molecular weight is 346 g/mol. The first-order chi connectivity index (χ1) is 11.7. The van der Waals surface area contributed by atoms with E-state index >= 15 is 0 Å². The predicted molar refractivity (Wildman–Crippen MR) is 96.4 cm³/mol. The first kappa shape index (κ1) is 18.0. The fourth-order valence-electron chi connectivity index (χ4n) is 3.98. The van der Waals surface area contributed by atoms with Gasteiger partial charge in [-0.3, -0.25) is 4.79 Å². The standard InChI is InChI=1S/C19H30N4O2/c1-18(2,3)13-19(7-8-19)21-17(25)23-10-5-6-14(12-23)15(24)16-20-9-11-22(16)4/h9,11,14H,5-8,10,12-13H2,1-4H3,(H,21,25)/t14-/m1/s1. The molecule has 3 rings (SSSR count). The highest BCUT2D eigenvalue weighted by Gasteiger charge is 2.47. The van der Waals surface area contributed by atoms with Crippen LogP contribution in [-0.2, 0) is 7.05 Å². The van der Waals surface area contributed by atoms with Crippen LogP contribution in [0.25, 0.3) is 0 Å². The van der Waals surface area contributed by atoms with Crippen LogP contribution in [0.15, 0.2) is 12.4 Å². The van der Waals surface area contributed by atoms with E-state index < -0.39 is 0 Å². The van der Waals surface area contributed by atoms with Gasteiger partial charge in [0, 0.05) is 44.0 Å². The van der Waals surface area contributed by atoms with Gasteiger partial charge in [0.2, 0.25) is 5.78 Å². The molecule has 6 heteroatoms. The number of nitrogens with one attached hydrogen (secondary N) is 1. The molecule has 0 radical (unpaired) electrons. The summed E-state index contributed by atoms with van der Waals surface area (Å²) in [5.41, 5.74) is 0.161. The molecule has 2 amide bonds. The lowest BCUT2D eigenvalue weighted by Crippen LogP contribution is -2.51. The molecular formula is C19H30N4O2. The first-order valence-corrected chi connectivity index (χ1v) is 9.28. The minimum absolute atomic E-state index is 0.0147. The van der Waals surface area contributed by atoms with Gasteiger partial charge in [-0.15, -0.1) is 0 Å². The molecule has 1 saturated heterocycles. The third kappa shape index (κ3) is 4.22. The lowest BCUT2D eigenvalue weighted by molar-refractivity contribution is 0.0829. The molecule has 1 N–H and O–H groups in total. The summed E-state index contributed by atoms with van der Waals surface area (Å²) in [6.07, 6.45) is 8.21. The summed E-state index contributed by atoms with van der Waals surface area (Å²) in [5, 5.41) is 3.25. The van der Waals surface area contributed by atoms with E-state index in [9.17, 15) is 9.59 Å². The third-order valence-corrected chi connectivity index (χ3v) is 5.22. The van der Waals surface area contributed by atoms with E-state index in [4.69, 9.17) is 0 Å². The first-order valence-electron chi connectivity index (χ1n) is 9.28. The van der Waals surface area contributed by atoms with Crippen molar-refractivity contribution in [3.05, 3.63) is 18.2 Å². The number of rotatable bonds is 4. The number of hydrogen-bond acceptors (Lipinski definition) is 3. The Bertz CT molecular complexity index is 655. The molecule has 0 bridgehead atoms. The molecule has 1 atom stereocenters. The number of aryl methyl sites for hydroxylation is 1. The van der Waals surface area contributed by atoms with Gasteiger partial charge in [-0.05, 0) is 37.5 Å². The van der Waals surface area contributed by atoms with E-state index in [1.165, 1.54) is 0 Å². The zero-order valence-corrected chi connectivity index (χ0v) is 15.8. The number of likely N-dealkylation sites (tertiary alicyclic amines) is 1. The Morgan fingerprint density at radius 2 is 2.08 bits per heavy atom. The van der Waals surface area contributed by atoms with Crippen LogP contribution in [0.4, 0.5) is 4.79 Å². The second-order valence-electron chi connectivity index (χ2n) is 8.96. The van der Waals surface area contributed by atoms with Crippen molar-refractivity contribution >= 4 is 11.8 Å². The maximum Gasteiger partial charge on any atom is 0.317 e. The third-order valence-electron chi connectivity index (χ3n) is 5.22. The highest BCUT2D eigenvalue weighted by Crippen LogP contribution is 2.44. The molecule has 0 unspecified atom stereocenters. The molecule has 1 aromatic heterocycles. The van der Waals surface area contributed by atoms with E-state index in [-0.39, 0.29) is 28.7 Å². The van der Waals surface area contributed by atoms with Gasteiger partial charge in [0.15, 0.2) is 5.82 Å². The van der Waals surface area contributed by atoms with Crippen LogP contribution in [-0.4, -0.2) is 44.9 Å². The SMILES string of the molecule is Cn1ccnc1C(=O)[C@@H]1CCCN(C(=O)NC2(CC(C)(C)C)CC2)C1. The molecule has 6 nitrogen and oxygen atoms in total. The molecule has 1 aromatic rings. The number of nitrogens with zero attached hydrogens (tertiary/aromatic N) is 3. The summed E-state index contributed by atoms with van der Waals surface area (Å²) in [6, 6.07) is -0.0147. The van der Waals surface area contributed by atoms with Crippen LogP contribution in [0.1, 0.15) is 63.5 Å². The second kappa shape index (κ2) is 6.46. The fraction of sp³-hybridized carbons (Fsp3) is 0.737. The summed E-state index contributed by atoms with van der Waals surface area (Å²) in [5.74, 6) is 0.373. The molecule has 138 valence electrons. The number of urea groups is 1. The van der Waals surface area contributed by atoms with Crippen molar-refractivity contribution in [2.45, 2.75) is 58.4 Å². The van der Waals surface area contributed by atoms with Crippen molar-refractivity contribution in [1.82, 2.24) is 19.8 Å². The minimum atomic E-state index is -0.154. The van der Waals surface area contributed by atoms with Gasteiger partial charge in [0.25, 0.3) is 0 Å². The zero-order chi connectivity index (χ0) is 18.2. The van der Waals surface area contributed by atoms with Gasteiger partial charge < -0.3 is 14.8 Å². The van der Waals surface area contributed by atoms with Crippen molar-refractivity contribution in [3.8, 4) is 0 Å². The Morgan fingerprint density at radius 1 is 1.36 bits per heavy atom. The highest BCUT2D eigenvalue weighted by atomic mass is 16.2. The van der Waals surface area contributed by atoms with Crippen LogP contribution in [0.2, 0.25) is 0 Å². The molecular weight excluding hydrogens is 316 g/mol. The van der Waals surface area contributed by atoms with Crippen LogP contribution >= 0.6 is 0 Å². The van der Waals surface area contributed by atoms with E-state index in [1.807, 2.05) is 11.9 Å². The Balaban J connectivity index is 1.61. The number of ketones is 1. The van der Waals surface area contributed by atoms with Gasteiger partial charge in [-0.2, -0.15) is 0 Å². The topological polar surface area (TPSA) is 67.2 Å². The largest absolute Gasteiger partial charge is 0.333 e. The lowest BCUT2D eigenvalue weighted by Gasteiger charge is -2.34. The number of piperidine rings is 1. The Morgan fingerprint density at radius 3 is 2.64 bits per heavy atom. The maximum absolute atomic E-state index is 12.7. The van der Waals surface area contributed by atoms with Crippen molar-refractivity contribution in [1.29, 1.82) is 0 Å². The van der Waals surface area contributed by atoms with E-state index in [1.54, 1.807) is 17.0 Å². The fourth-order valence-corrected chi connectivity index (χ4v) is 3.98. The quantitative estimate of drug-likeness (QED) is 0.852. The van der Waals surface area contributed by atoms with E-state index in [0.717, 1.165) is 38.6 Å². The number of amides is 2. The summed E-state index contributed by atoms with van der Waals surface area (Å²) < 4.78 is 1.75. The molecule has 1 saturated carbocycles. The second-order valence-corrected chi connectivity index (χ2v) is 8.96. The maximum atomic E-state index is 12.7. The molecule has 0 spiro atoms. The molecule has 1 aliphatic carbocycles. The Labute approximate surface area is 150 Å². The van der Waals surface area contributed by atoms with Crippen LogP contribution in [0.5, 0.6) is 0 Å². The van der Waals surface area contributed by atoms with Crippen molar-refractivity contribution in [2.24, 2.45) is 18.4 Å². The smallest absolute Gasteiger partial charge is 0.317 e. The summed E-state index contributed by atoms with van der Waals surface area (Å²) in [7, 11) is 1.83. The highest BCUT2D eigenvalue weighted by molar-refractivity contribution is 5.95. The van der Waals surface area contributed by atoms with Crippen LogP contribution < -0.4 is 5.32 Å². The summed E-state index contributed by atoms with van der Waals surface area (Å²) in [6.45, 7) is 7.84. The number of carbonyl (C=O) groups excluding carboxylic acids is 2. The minimum Gasteiger partial charge on any atom is -0.333 e. The van der Waals surface area contributed by atoms with Crippen LogP contribution in [0, 0.1) is 11.3 Å². The predicted octanol–water partition coefficient (Wildman–Crippen LogP) is 2.99. The van der Waals surface area contributed by atoms with Crippen molar-refractivity contribution in [2.75, 3.05) is 13.1 Å². The van der Waals surface area contributed by atoms with Gasteiger partial charge in [-0.1, -0.05) is 20.8 Å². The van der Waals surface area contributed by atoms with E-state index in [2.05, 4.69) is 31.1 Å². The Hall–Kier alpha value is -1.85. The molecule has 2 aliphatic rings. The molecule has 2 heterocycles. The molecule has 2 fully saturated rings. The normalized spacial score (nSPS) is 22.6. The molecule has 0 aromatic carbocycles. The Kier molecular flexibility index (Phi) is 4.64. The van der Waals surface area contributed by atoms with Gasteiger partial charge in [-0.25, -0.2) is 9.78 Å². The van der Waals surface area contributed by atoms with Crippen molar-refractivity contribution in [3.63, 3.8) is 0 Å². The van der Waals surface area contributed by atoms with Gasteiger partial charge >= 0.3 is 6.03 Å². The molecule has 1 aliphatic heterocycles. The number of carbonyl (C=O) groups is 2. The molecule has 25 heavy (non-hydrogen) atoms. The number of Topliss-reactive ketones (excluding diaryl/α,β-unsaturated/α-hetero) is 1. The van der Waals surface area contributed by atoms with Crippen molar-refractivity contribution < 1.29 is 9.59 Å². The lowest BCUT2D eigenvalue weighted by atomic mass is 9.86. The van der Waals surface area contributed by atoms with Crippen LogP contribution in [0.3, 0.4) is 0 Å². The summed E-state index contributed by atoms with van der Waals surface area (Å²) in [4.78, 5) is 31.4.